The first kappa shape index (κ1) is 16.2. The van der Waals surface area contributed by atoms with Gasteiger partial charge in [0.05, 0.1) is 17.8 Å². The molecule has 0 radical (unpaired) electrons. The van der Waals surface area contributed by atoms with Crippen LogP contribution in [0.5, 0.6) is 0 Å². The molecule has 27 heavy (non-hydrogen) atoms. The number of para-hydroxylation sites is 1. The number of fused-ring (bicyclic) bond motifs is 2. The Morgan fingerprint density at radius 3 is 2.81 bits per heavy atom. The van der Waals surface area contributed by atoms with Crippen molar-refractivity contribution >= 4 is 33.8 Å². The molecule has 6 heteroatoms. The van der Waals surface area contributed by atoms with E-state index in [1.807, 2.05) is 18.2 Å². The van der Waals surface area contributed by atoms with Gasteiger partial charge in [-0.15, -0.1) is 0 Å². The molecule has 2 amide bonds. The predicted octanol–water partition coefficient (Wildman–Crippen LogP) is 4.35. The molecule has 1 fully saturated rings. The number of thioether (sulfide) groups is 1. The first-order valence-electron chi connectivity index (χ1n) is 8.72. The summed E-state index contributed by atoms with van der Waals surface area (Å²) >= 11 is 1.07. The van der Waals surface area contributed by atoms with Gasteiger partial charge in [-0.05, 0) is 52.8 Å². The molecular weight excluding hydrogens is 360 g/mol. The summed E-state index contributed by atoms with van der Waals surface area (Å²) in [6, 6.07) is 14.4. The van der Waals surface area contributed by atoms with Crippen LogP contribution in [0.4, 0.5) is 4.79 Å². The lowest BCUT2D eigenvalue weighted by molar-refractivity contribution is -0.118. The summed E-state index contributed by atoms with van der Waals surface area (Å²) in [6.45, 7) is 0. The first-order chi connectivity index (χ1) is 13.2. The molecule has 1 unspecified atom stereocenters. The maximum atomic E-state index is 12.1. The fourth-order valence-electron chi connectivity index (χ4n) is 3.76. The smallest absolute Gasteiger partial charge is 0.286 e. The summed E-state index contributed by atoms with van der Waals surface area (Å²) in [6.07, 6.45) is 4.61. The molecule has 1 saturated heterocycles. The molecule has 5 nitrogen and oxygen atoms in total. The summed E-state index contributed by atoms with van der Waals surface area (Å²) in [7, 11) is 0. The van der Waals surface area contributed by atoms with Crippen LogP contribution in [-0.4, -0.2) is 21.4 Å². The van der Waals surface area contributed by atoms with Gasteiger partial charge in [0, 0.05) is 23.2 Å². The highest BCUT2D eigenvalue weighted by Gasteiger charge is 2.33. The van der Waals surface area contributed by atoms with E-state index < -0.39 is 0 Å². The summed E-state index contributed by atoms with van der Waals surface area (Å²) in [5.41, 5.74) is 6.54. The van der Waals surface area contributed by atoms with Crippen LogP contribution in [0, 0.1) is 0 Å². The van der Waals surface area contributed by atoms with Gasteiger partial charge in [0.15, 0.2) is 0 Å². The van der Waals surface area contributed by atoms with Gasteiger partial charge in [-0.2, -0.15) is 0 Å². The van der Waals surface area contributed by atoms with Crippen LogP contribution < -0.4 is 5.32 Å². The third-order valence-electron chi connectivity index (χ3n) is 4.98. The SMILES string of the molecule is O=C1NC(=O)C(Cc2c(Cc3cc4ccccc4[nH]3)cc3coccc2-3)S1. The number of hydrogen-bond donors (Lipinski definition) is 2. The van der Waals surface area contributed by atoms with Crippen molar-refractivity contribution in [2.24, 2.45) is 0 Å². The molecule has 134 valence electrons. The van der Waals surface area contributed by atoms with E-state index in [9.17, 15) is 9.59 Å². The van der Waals surface area contributed by atoms with E-state index in [0.29, 0.717) is 6.42 Å². The highest BCUT2D eigenvalue weighted by atomic mass is 32.2. The van der Waals surface area contributed by atoms with Crippen molar-refractivity contribution < 1.29 is 14.0 Å². The molecule has 2 aliphatic heterocycles. The van der Waals surface area contributed by atoms with Crippen molar-refractivity contribution in [3.05, 3.63) is 71.8 Å². The van der Waals surface area contributed by atoms with E-state index in [0.717, 1.165) is 51.6 Å². The zero-order valence-electron chi connectivity index (χ0n) is 14.3. The maximum absolute atomic E-state index is 12.1. The van der Waals surface area contributed by atoms with Crippen molar-refractivity contribution in [2.75, 3.05) is 0 Å². The van der Waals surface area contributed by atoms with E-state index in [1.165, 1.54) is 5.39 Å². The second kappa shape index (κ2) is 6.32. The number of aromatic nitrogens is 1. The number of nitrogens with one attached hydrogen (secondary N) is 2. The molecule has 3 heterocycles. The summed E-state index contributed by atoms with van der Waals surface area (Å²) in [5.74, 6) is -0.212. The van der Waals surface area contributed by atoms with E-state index >= 15 is 0 Å². The fraction of sp³-hybridized carbons (Fsp3) is 0.143. The molecule has 1 atom stereocenters. The van der Waals surface area contributed by atoms with E-state index in [2.05, 4.69) is 34.6 Å². The van der Waals surface area contributed by atoms with Crippen molar-refractivity contribution in [2.45, 2.75) is 18.1 Å². The van der Waals surface area contributed by atoms with Gasteiger partial charge in [-0.25, -0.2) is 0 Å². The minimum atomic E-state index is -0.387. The Morgan fingerprint density at radius 1 is 1.11 bits per heavy atom. The molecule has 0 spiro atoms. The number of H-pyrrole nitrogens is 1. The topological polar surface area (TPSA) is 75.1 Å². The Morgan fingerprint density at radius 2 is 2.00 bits per heavy atom. The third-order valence-corrected chi connectivity index (χ3v) is 5.97. The number of amides is 2. The van der Waals surface area contributed by atoms with Crippen molar-refractivity contribution in [3.8, 4) is 11.1 Å². The highest BCUT2D eigenvalue weighted by molar-refractivity contribution is 8.15. The molecular formula is C21H16N2O3S. The zero-order chi connectivity index (χ0) is 18.4. The van der Waals surface area contributed by atoms with Crippen LogP contribution in [0.1, 0.15) is 16.8 Å². The number of hydrogen-bond acceptors (Lipinski definition) is 4. The Bertz CT molecular complexity index is 1110. The molecule has 1 aromatic carbocycles. The second-order valence-corrected chi connectivity index (χ2v) is 7.90. The lowest BCUT2D eigenvalue weighted by Gasteiger charge is -2.09. The standard InChI is InChI=1S/C21H16N2O3S/c24-20-19(27-21(25)23-20)10-17-13(7-14-11-26-6-5-16(14)17)9-15-8-12-3-1-2-4-18(12)22-15/h1-8,11,19,22H,9-10H2,(H,23,24,25). The second-order valence-electron chi connectivity index (χ2n) is 6.72. The van der Waals surface area contributed by atoms with Gasteiger partial charge in [0.2, 0.25) is 5.91 Å². The average molecular weight is 376 g/mol. The average Bonchev–Trinajstić information content (AvgIpc) is 3.31. The molecule has 3 aliphatic rings. The largest absolute Gasteiger partial charge is 0.472 e. The Labute approximate surface area is 159 Å². The third kappa shape index (κ3) is 2.92. The number of imide groups is 1. The maximum Gasteiger partial charge on any atom is 0.286 e. The number of rotatable bonds is 4. The number of aromatic amines is 1. The van der Waals surface area contributed by atoms with E-state index in [1.54, 1.807) is 12.5 Å². The van der Waals surface area contributed by atoms with Crippen molar-refractivity contribution in [1.29, 1.82) is 0 Å². The van der Waals surface area contributed by atoms with Gasteiger partial charge < -0.3 is 9.40 Å². The zero-order valence-corrected chi connectivity index (χ0v) is 15.1. The summed E-state index contributed by atoms with van der Waals surface area (Å²) in [5, 5.41) is 2.89. The Balaban J connectivity index is 1.53. The van der Waals surface area contributed by atoms with E-state index in [-0.39, 0.29) is 16.4 Å². The van der Waals surface area contributed by atoms with Crippen LogP contribution in [-0.2, 0) is 17.6 Å². The monoisotopic (exact) mass is 376 g/mol. The van der Waals surface area contributed by atoms with Crippen LogP contribution in [0.2, 0.25) is 0 Å². The number of carbonyl (C=O) groups excluding carboxylic acids is 2. The van der Waals surface area contributed by atoms with Crippen LogP contribution in [0.15, 0.2) is 59.4 Å². The summed E-state index contributed by atoms with van der Waals surface area (Å²) in [4.78, 5) is 27.1. The summed E-state index contributed by atoms with van der Waals surface area (Å²) < 4.78 is 5.32. The van der Waals surface area contributed by atoms with Gasteiger partial charge >= 0.3 is 0 Å². The van der Waals surface area contributed by atoms with Gasteiger partial charge in [-0.1, -0.05) is 30.0 Å². The number of benzene rings is 1. The molecule has 1 aliphatic carbocycles. The molecule has 2 aromatic rings. The highest BCUT2D eigenvalue weighted by Crippen LogP contribution is 2.36. The number of carbonyl (C=O) groups is 2. The molecule has 2 N–H and O–H groups in total. The van der Waals surface area contributed by atoms with Gasteiger partial charge in [0.1, 0.15) is 0 Å². The fourth-order valence-corrected chi connectivity index (χ4v) is 4.59. The van der Waals surface area contributed by atoms with Crippen molar-refractivity contribution in [3.63, 3.8) is 0 Å². The molecule has 0 saturated carbocycles. The lowest BCUT2D eigenvalue weighted by atomic mass is 10.0. The normalized spacial score (nSPS) is 17.1. The minimum absolute atomic E-state index is 0.212. The van der Waals surface area contributed by atoms with Crippen LogP contribution >= 0.6 is 11.8 Å². The Hall–Kier alpha value is -2.99. The van der Waals surface area contributed by atoms with Gasteiger partial charge in [-0.3, -0.25) is 14.9 Å². The van der Waals surface area contributed by atoms with E-state index in [4.69, 9.17) is 4.42 Å². The molecule has 5 rings (SSSR count). The Kier molecular flexibility index (Phi) is 3.79. The quantitative estimate of drug-likeness (QED) is 0.555. The van der Waals surface area contributed by atoms with Crippen LogP contribution in [0.3, 0.4) is 0 Å². The van der Waals surface area contributed by atoms with Crippen molar-refractivity contribution in [1.82, 2.24) is 10.3 Å². The first-order valence-corrected chi connectivity index (χ1v) is 9.60. The molecule has 0 bridgehead atoms. The van der Waals surface area contributed by atoms with Crippen LogP contribution in [0.25, 0.3) is 22.0 Å². The predicted molar refractivity (Wildman–Crippen MR) is 105 cm³/mol. The molecule has 1 aromatic heterocycles. The van der Waals surface area contributed by atoms with Gasteiger partial charge in [0.25, 0.3) is 5.24 Å². The lowest BCUT2D eigenvalue weighted by Crippen LogP contribution is -2.25. The minimum Gasteiger partial charge on any atom is -0.472 e.